The minimum absolute atomic E-state index is 0.214. The van der Waals surface area contributed by atoms with E-state index >= 15 is 0 Å². The summed E-state index contributed by atoms with van der Waals surface area (Å²) in [4.78, 5) is 44.0. The van der Waals surface area contributed by atoms with Crippen LogP contribution < -0.4 is 0 Å². The van der Waals surface area contributed by atoms with Crippen molar-refractivity contribution in [2.75, 3.05) is 0 Å². The lowest BCUT2D eigenvalue weighted by atomic mass is 10.1. The largest absolute Gasteiger partial charge is 0.354 e. The van der Waals surface area contributed by atoms with Crippen molar-refractivity contribution >= 4 is 17.8 Å². The van der Waals surface area contributed by atoms with Gasteiger partial charge in [-0.2, -0.15) is 5.10 Å². The van der Waals surface area contributed by atoms with E-state index in [9.17, 15) is 14.4 Å². The average Bonchev–Trinajstić information content (AvgIpc) is 3.03. The Labute approximate surface area is 112 Å². The number of aromatic nitrogens is 3. The number of rotatable bonds is 3. The molecule has 2 amide bonds. The van der Waals surface area contributed by atoms with Gasteiger partial charge in [0.05, 0.1) is 11.1 Å². The molecule has 2 aromatic rings. The van der Waals surface area contributed by atoms with E-state index in [1.165, 1.54) is 29.5 Å². The molecule has 0 saturated heterocycles. The van der Waals surface area contributed by atoms with Crippen LogP contribution in [0.1, 0.15) is 20.7 Å². The van der Waals surface area contributed by atoms with Crippen molar-refractivity contribution < 1.29 is 19.2 Å². The lowest BCUT2D eigenvalue weighted by Gasteiger charge is -2.12. The van der Waals surface area contributed by atoms with Gasteiger partial charge in [0, 0.05) is 0 Å². The Bertz CT molecular complexity index is 660. The van der Waals surface area contributed by atoms with E-state index in [-0.39, 0.29) is 17.7 Å². The standard InChI is InChI=1S/C12H8N4O4/c17-10(5-15-7-13-6-14-15)20-16-11(18)8-3-1-2-4-9(8)12(16)19/h1-4,6-7H,5H2. The molecule has 0 spiro atoms. The molecular weight excluding hydrogens is 264 g/mol. The number of carbonyl (C=O) groups is 3. The van der Waals surface area contributed by atoms with Crippen LogP contribution in [0.25, 0.3) is 0 Å². The second-order valence-electron chi connectivity index (χ2n) is 4.01. The maximum atomic E-state index is 11.9. The Morgan fingerprint density at radius 2 is 1.80 bits per heavy atom. The summed E-state index contributed by atoms with van der Waals surface area (Å²) >= 11 is 0. The number of hydroxylamine groups is 2. The Balaban J connectivity index is 1.75. The number of hydrogen-bond donors (Lipinski definition) is 0. The second-order valence-corrected chi connectivity index (χ2v) is 4.01. The van der Waals surface area contributed by atoms with Gasteiger partial charge < -0.3 is 4.84 Å². The Kier molecular flexibility index (Phi) is 2.75. The number of hydrogen-bond acceptors (Lipinski definition) is 6. The molecule has 1 aliphatic heterocycles. The molecule has 0 unspecified atom stereocenters. The third-order valence-corrected chi connectivity index (χ3v) is 2.71. The number of fused-ring (bicyclic) bond motifs is 1. The van der Waals surface area contributed by atoms with Gasteiger partial charge in [0.25, 0.3) is 11.8 Å². The fraction of sp³-hybridized carbons (Fsp3) is 0.0833. The zero-order chi connectivity index (χ0) is 14.1. The van der Waals surface area contributed by atoms with Gasteiger partial charge in [-0.25, -0.2) is 14.5 Å². The topological polar surface area (TPSA) is 94.4 Å². The predicted molar refractivity (Wildman–Crippen MR) is 63.1 cm³/mol. The van der Waals surface area contributed by atoms with Crippen LogP contribution in [0.3, 0.4) is 0 Å². The highest BCUT2D eigenvalue weighted by Gasteiger charge is 2.38. The minimum Gasteiger partial charge on any atom is -0.328 e. The van der Waals surface area contributed by atoms with Gasteiger partial charge in [-0.15, -0.1) is 0 Å². The van der Waals surface area contributed by atoms with Crippen molar-refractivity contribution in [1.82, 2.24) is 19.8 Å². The van der Waals surface area contributed by atoms with Gasteiger partial charge in [-0.3, -0.25) is 9.59 Å². The Morgan fingerprint density at radius 3 is 2.35 bits per heavy atom. The van der Waals surface area contributed by atoms with Gasteiger partial charge in [0.1, 0.15) is 19.2 Å². The van der Waals surface area contributed by atoms with E-state index in [2.05, 4.69) is 10.1 Å². The van der Waals surface area contributed by atoms with E-state index in [0.29, 0.717) is 5.06 Å². The van der Waals surface area contributed by atoms with Crippen LogP contribution >= 0.6 is 0 Å². The molecule has 0 bridgehead atoms. The molecule has 0 radical (unpaired) electrons. The molecule has 2 heterocycles. The van der Waals surface area contributed by atoms with Gasteiger partial charge in [-0.1, -0.05) is 17.2 Å². The summed E-state index contributed by atoms with van der Waals surface area (Å²) in [7, 11) is 0. The van der Waals surface area contributed by atoms with Crippen molar-refractivity contribution in [1.29, 1.82) is 0 Å². The molecule has 1 aromatic carbocycles. The van der Waals surface area contributed by atoms with Gasteiger partial charge in [-0.05, 0) is 12.1 Å². The maximum Gasteiger partial charge on any atom is 0.354 e. The first-order valence-corrected chi connectivity index (χ1v) is 5.68. The monoisotopic (exact) mass is 272 g/mol. The summed E-state index contributed by atoms with van der Waals surface area (Å²) in [5.41, 5.74) is 0.428. The van der Waals surface area contributed by atoms with E-state index in [0.717, 1.165) is 0 Å². The Morgan fingerprint density at radius 1 is 1.15 bits per heavy atom. The minimum atomic E-state index is -0.787. The SMILES string of the molecule is O=C(Cn1cncn1)ON1C(=O)c2ccccc2C1=O. The summed E-state index contributed by atoms with van der Waals surface area (Å²) in [6, 6.07) is 6.26. The third-order valence-electron chi connectivity index (χ3n) is 2.71. The number of amides is 2. The fourth-order valence-electron chi connectivity index (χ4n) is 1.83. The fourth-order valence-corrected chi connectivity index (χ4v) is 1.83. The summed E-state index contributed by atoms with van der Waals surface area (Å²) in [6.45, 7) is -0.243. The highest BCUT2D eigenvalue weighted by Crippen LogP contribution is 2.22. The van der Waals surface area contributed by atoms with Crippen LogP contribution in [-0.2, 0) is 16.2 Å². The van der Waals surface area contributed by atoms with Crippen LogP contribution in [0.2, 0.25) is 0 Å². The normalized spacial score (nSPS) is 13.5. The van der Waals surface area contributed by atoms with E-state index < -0.39 is 17.8 Å². The molecule has 0 N–H and O–H groups in total. The summed E-state index contributed by atoms with van der Waals surface area (Å²) < 4.78 is 1.22. The van der Waals surface area contributed by atoms with Crippen molar-refractivity contribution in [2.24, 2.45) is 0 Å². The molecule has 0 atom stereocenters. The molecule has 0 fully saturated rings. The first-order chi connectivity index (χ1) is 9.66. The molecule has 8 heteroatoms. The van der Waals surface area contributed by atoms with Crippen LogP contribution in [0, 0.1) is 0 Å². The highest BCUT2D eigenvalue weighted by atomic mass is 16.7. The molecule has 1 aromatic heterocycles. The zero-order valence-electron chi connectivity index (χ0n) is 10.1. The first kappa shape index (κ1) is 12.0. The molecule has 1 aliphatic rings. The lowest BCUT2D eigenvalue weighted by molar-refractivity contribution is -0.169. The number of imide groups is 1. The molecule has 3 rings (SSSR count). The van der Waals surface area contributed by atoms with Gasteiger partial charge in [0.15, 0.2) is 0 Å². The van der Waals surface area contributed by atoms with Gasteiger partial charge in [0.2, 0.25) is 0 Å². The molecule has 100 valence electrons. The van der Waals surface area contributed by atoms with Crippen LogP contribution in [0.5, 0.6) is 0 Å². The van der Waals surface area contributed by atoms with Crippen LogP contribution in [-0.4, -0.2) is 37.6 Å². The second kappa shape index (κ2) is 4.57. The number of carbonyl (C=O) groups excluding carboxylic acids is 3. The van der Waals surface area contributed by atoms with Gasteiger partial charge >= 0.3 is 5.97 Å². The number of nitrogens with zero attached hydrogens (tertiary/aromatic N) is 4. The Hall–Kier alpha value is -3.03. The quantitative estimate of drug-likeness (QED) is 0.732. The maximum absolute atomic E-state index is 11.9. The van der Waals surface area contributed by atoms with Crippen LogP contribution in [0.4, 0.5) is 0 Å². The third kappa shape index (κ3) is 1.92. The average molecular weight is 272 g/mol. The molecule has 0 saturated carbocycles. The highest BCUT2D eigenvalue weighted by molar-refractivity contribution is 6.20. The van der Waals surface area contributed by atoms with Crippen molar-refractivity contribution in [2.45, 2.75) is 6.54 Å². The van der Waals surface area contributed by atoms with E-state index in [1.54, 1.807) is 12.1 Å². The lowest BCUT2D eigenvalue weighted by Crippen LogP contribution is -2.34. The molecule has 0 aliphatic carbocycles. The smallest absolute Gasteiger partial charge is 0.328 e. The molecule has 20 heavy (non-hydrogen) atoms. The predicted octanol–water partition coefficient (Wildman–Crippen LogP) is 0.0325. The number of benzene rings is 1. The molecule has 8 nitrogen and oxygen atoms in total. The van der Waals surface area contributed by atoms with Crippen molar-refractivity contribution in [3.63, 3.8) is 0 Å². The van der Waals surface area contributed by atoms with E-state index in [1.807, 2.05) is 0 Å². The van der Waals surface area contributed by atoms with E-state index in [4.69, 9.17) is 4.84 Å². The van der Waals surface area contributed by atoms with Crippen LogP contribution in [0.15, 0.2) is 36.9 Å². The van der Waals surface area contributed by atoms with Crippen molar-refractivity contribution in [3.8, 4) is 0 Å². The summed E-state index contributed by atoms with van der Waals surface area (Å²) in [5, 5.41) is 4.19. The first-order valence-electron chi connectivity index (χ1n) is 5.68. The summed E-state index contributed by atoms with van der Waals surface area (Å²) in [5.74, 6) is -2.10. The van der Waals surface area contributed by atoms with Crippen molar-refractivity contribution in [3.05, 3.63) is 48.0 Å². The zero-order valence-corrected chi connectivity index (χ0v) is 10.1. The summed E-state index contributed by atoms with van der Waals surface area (Å²) in [6.07, 6.45) is 2.58. The molecular formula is C12H8N4O4.